The first-order chi connectivity index (χ1) is 18.1. The SMILES string of the molecule is Cc1cc(Nc2ncnc3ccc4c(c23)OC[C@@H]2CNCCN42)c(F)cc1Oc1ccn2ncnc2c1. The molecule has 1 atom stereocenters. The van der Waals surface area contributed by atoms with E-state index in [0.29, 0.717) is 29.6 Å². The maximum atomic E-state index is 15.3. The quantitative estimate of drug-likeness (QED) is 0.383. The molecule has 3 aromatic heterocycles. The van der Waals surface area contributed by atoms with Gasteiger partial charge >= 0.3 is 0 Å². The topological polar surface area (TPSA) is 102 Å². The lowest BCUT2D eigenvalue weighted by atomic mass is 10.1. The highest BCUT2D eigenvalue weighted by Gasteiger charge is 2.31. The molecule has 5 aromatic rings. The number of nitrogens with one attached hydrogen (secondary N) is 2. The Morgan fingerprint density at radius 3 is 3.03 bits per heavy atom. The normalized spacial score (nSPS) is 16.8. The third kappa shape index (κ3) is 3.75. The van der Waals surface area contributed by atoms with E-state index in [0.717, 1.165) is 47.5 Å². The summed E-state index contributed by atoms with van der Waals surface area (Å²) >= 11 is 0. The van der Waals surface area contributed by atoms with Crippen LogP contribution in [0.25, 0.3) is 16.6 Å². The summed E-state index contributed by atoms with van der Waals surface area (Å²) in [6.45, 7) is 5.11. The van der Waals surface area contributed by atoms with E-state index in [2.05, 4.69) is 35.6 Å². The Kier molecular flexibility index (Phi) is 5.03. The molecule has 0 radical (unpaired) electrons. The van der Waals surface area contributed by atoms with E-state index < -0.39 is 5.82 Å². The lowest BCUT2D eigenvalue weighted by molar-refractivity contribution is 0.250. The number of aryl methyl sites for hydroxylation is 1. The largest absolute Gasteiger partial charge is 0.488 e. The van der Waals surface area contributed by atoms with E-state index in [1.807, 2.05) is 19.1 Å². The monoisotopic (exact) mass is 498 g/mol. The Labute approximate surface area is 211 Å². The molecule has 0 bridgehead atoms. The number of pyridine rings is 1. The maximum absolute atomic E-state index is 15.3. The van der Waals surface area contributed by atoms with Crippen LogP contribution in [0.5, 0.6) is 17.2 Å². The fourth-order valence-electron chi connectivity index (χ4n) is 4.97. The first-order valence-electron chi connectivity index (χ1n) is 12.1. The van der Waals surface area contributed by atoms with Gasteiger partial charge in [0, 0.05) is 38.0 Å². The first kappa shape index (κ1) is 21.7. The third-order valence-corrected chi connectivity index (χ3v) is 6.81. The molecule has 5 heterocycles. The molecule has 0 aliphatic carbocycles. The molecular weight excluding hydrogens is 475 g/mol. The van der Waals surface area contributed by atoms with Crippen LogP contribution in [0.15, 0.2) is 55.2 Å². The van der Waals surface area contributed by atoms with E-state index in [1.165, 1.54) is 18.7 Å². The standard InChI is InChI=1S/C26H23FN8O2/c1-15-8-20(18(27)10-22(15)37-17-4-6-35-23(9-17)30-14-32-35)33-26-24-19(29-13-31-26)2-3-21-25(24)36-12-16-11-28-5-7-34(16)21/h2-4,6,8-10,13-14,16,28H,5,7,11-12H2,1H3,(H,29,31,33)/t16-/m0/s1. The molecule has 0 unspecified atom stereocenters. The Balaban J connectivity index is 1.23. The number of hydrogen-bond acceptors (Lipinski definition) is 9. The lowest BCUT2D eigenvalue weighted by Gasteiger charge is -2.42. The molecule has 0 amide bonds. The van der Waals surface area contributed by atoms with Crippen molar-refractivity contribution in [1.82, 2.24) is 29.9 Å². The predicted octanol–water partition coefficient (Wildman–Crippen LogP) is 3.83. The smallest absolute Gasteiger partial charge is 0.158 e. The van der Waals surface area contributed by atoms with E-state index >= 15 is 4.39 Å². The highest BCUT2D eigenvalue weighted by atomic mass is 19.1. The summed E-state index contributed by atoms with van der Waals surface area (Å²) in [5.74, 6) is 1.69. The fraction of sp³-hybridized carbons (Fsp3) is 0.231. The van der Waals surface area contributed by atoms with Gasteiger partial charge in [-0.05, 0) is 36.8 Å². The number of aromatic nitrogens is 5. The highest BCUT2D eigenvalue weighted by molar-refractivity contribution is 6.00. The molecule has 2 aromatic carbocycles. The van der Waals surface area contributed by atoms with Crippen molar-refractivity contribution in [1.29, 1.82) is 0 Å². The van der Waals surface area contributed by atoms with E-state index in [9.17, 15) is 0 Å². The van der Waals surface area contributed by atoms with Gasteiger partial charge in [-0.3, -0.25) is 0 Å². The summed E-state index contributed by atoms with van der Waals surface area (Å²) < 4.78 is 29.1. The molecule has 7 rings (SSSR count). The molecule has 186 valence electrons. The zero-order valence-electron chi connectivity index (χ0n) is 20.0. The van der Waals surface area contributed by atoms with Crippen LogP contribution in [-0.4, -0.2) is 56.8 Å². The molecule has 10 nitrogen and oxygen atoms in total. The van der Waals surface area contributed by atoms with Crippen molar-refractivity contribution in [3.63, 3.8) is 0 Å². The molecular formula is C26H23FN8O2. The zero-order chi connectivity index (χ0) is 24.9. The number of piperazine rings is 1. The average Bonchev–Trinajstić information content (AvgIpc) is 3.39. The Bertz CT molecular complexity index is 1660. The zero-order valence-corrected chi connectivity index (χ0v) is 20.0. The van der Waals surface area contributed by atoms with Gasteiger partial charge < -0.3 is 25.0 Å². The van der Waals surface area contributed by atoms with Gasteiger partial charge in [0.15, 0.2) is 11.4 Å². The third-order valence-electron chi connectivity index (χ3n) is 6.81. The number of benzene rings is 2. The second kappa shape index (κ2) is 8.56. The number of hydrogen-bond donors (Lipinski definition) is 2. The van der Waals surface area contributed by atoms with E-state index in [-0.39, 0.29) is 11.7 Å². The van der Waals surface area contributed by atoms with Gasteiger partial charge in [-0.15, -0.1) is 0 Å². The second-order valence-corrected chi connectivity index (χ2v) is 9.14. The molecule has 0 spiro atoms. The van der Waals surface area contributed by atoms with E-state index in [4.69, 9.17) is 9.47 Å². The van der Waals surface area contributed by atoms with Crippen molar-refractivity contribution in [2.75, 3.05) is 36.5 Å². The van der Waals surface area contributed by atoms with Crippen molar-refractivity contribution >= 4 is 33.7 Å². The van der Waals surface area contributed by atoms with Gasteiger partial charge in [0.2, 0.25) is 0 Å². The van der Waals surface area contributed by atoms with Crippen LogP contribution in [0.3, 0.4) is 0 Å². The van der Waals surface area contributed by atoms with Crippen LogP contribution in [0.4, 0.5) is 21.6 Å². The number of anilines is 3. The minimum Gasteiger partial charge on any atom is -0.488 e. The van der Waals surface area contributed by atoms with Crippen molar-refractivity contribution in [3.05, 3.63) is 66.6 Å². The van der Waals surface area contributed by atoms with Gasteiger partial charge in [0.05, 0.1) is 28.3 Å². The summed E-state index contributed by atoms with van der Waals surface area (Å²) in [6, 6.07) is 10.8. The number of fused-ring (bicyclic) bond motifs is 6. The Morgan fingerprint density at radius 1 is 1.14 bits per heavy atom. The van der Waals surface area contributed by atoms with Crippen molar-refractivity contribution < 1.29 is 13.9 Å². The summed E-state index contributed by atoms with van der Waals surface area (Å²) in [5, 5.41) is 11.4. The first-order valence-corrected chi connectivity index (χ1v) is 12.1. The molecule has 2 aliphatic rings. The second-order valence-electron chi connectivity index (χ2n) is 9.14. The minimum absolute atomic E-state index is 0.276. The van der Waals surface area contributed by atoms with Gasteiger partial charge in [-0.1, -0.05) is 0 Å². The van der Waals surface area contributed by atoms with Crippen LogP contribution in [0, 0.1) is 12.7 Å². The van der Waals surface area contributed by atoms with Crippen LogP contribution >= 0.6 is 0 Å². The summed E-state index contributed by atoms with van der Waals surface area (Å²) in [4.78, 5) is 15.4. The van der Waals surface area contributed by atoms with Crippen LogP contribution in [0.1, 0.15) is 5.56 Å². The van der Waals surface area contributed by atoms with Crippen molar-refractivity contribution in [3.8, 4) is 17.2 Å². The number of ether oxygens (including phenoxy) is 2. The summed E-state index contributed by atoms with van der Waals surface area (Å²) in [6.07, 6.45) is 4.67. The number of halogens is 1. The lowest BCUT2D eigenvalue weighted by Crippen LogP contribution is -2.55. The molecule has 1 saturated heterocycles. The molecule has 2 aliphatic heterocycles. The van der Waals surface area contributed by atoms with Gasteiger partial charge in [0.25, 0.3) is 0 Å². The van der Waals surface area contributed by atoms with Crippen molar-refractivity contribution in [2.24, 2.45) is 0 Å². The molecule has 37 heavy (non-hydrogen) atoms. The average molecular weight is 499 g/mol. The highest BCUT2D eigenvalue weighted by Crippen LogP contribution is 2.43. The number of rotatable bonds is 4. The predicted molar refractivity (Wildman–Crippen MR) is 137 cm³/mol. The Morgan fingerprint density at radius 2 is 2.08 bits per heavy atom. The van der Waals surface area contributed by atoms with Crippen LogP contribution in [-0.2, 0) is 0 Å². The minimum atomic E-state index is -0.469. The summed E-state index contributed by atoms with van der Waals surface area (Å²) in [7, 11) is 0. The molecule has 1 fully saturated rings. The van der Waals surface area contributed by atoms with Gasteiger partial charge in [0.1, 0.15) is 42.4 Å². The Hall–Kier alpha value is -4.51. The van der Waals surface area contributed by atoms with Crippen LogP contribution < -0.4 is 25.0 Å². The van der Waals surface area contributed by atoms with Crippen molar-refractivity contribution in [2.45, 2.75) is 13.0 Å². The van der Waals surface area contributed by atoms with Gasteiger partial charge in [-0.25, -0.2) is 23.9 Å². The maximum Gasteiger partial charge on any atom is 0.158 e. The van der Waals surface area contributed by atoms with E-state index in [1.54, 1.807) is 28.9 Å². The van der Waals surface area contributed by atoms with Gasteiger partial charge in [-0.2, -0.15) is 5.10 Å². The molecule has 0 saturated carbocycles. The fourth-order valence-corrected chi connectivity index (χ4v) is 4.97. The summed E-state index contributed by atoms with van der Waals surface area (Å²) in [5.41, 5.74) is 3.41. The molecule has 11 heteroatoms. The van der Waals surface area contributed by atoms with Crippen LogP contribution in [0.2, 0.25) is 0 Å². The number of nitrogens with zero attached hydrogens (tertiary/aromatic N) is 6. The molecule has 2 N–H and O–H groups in total.